The van der Waals surface area contributed by atoms with Gasteiger partial charge < -0.3 is 24.6 Å². The average molecular weight is 423 g/mol. The maximum Gasteiger partial charge on any atom is 0.305 e. The van der Waals surface area contributed by atoms with Gasteiger partial charge in [-0.1, -0.05) is 0 Å². The highest BCUT2D eigenvalue weighted by molar-refractivity contribution is 5.92. The molecule has 2 fully saturated rings. The molecule has 0 saturated carbocycles. The molecule has 8 nitrogen and oxygen atoms in total. The summed E-state index contributed by atoms with van der Waals surface area (Å²) in [5, 5.41) is 12.0. The van der Waals surface area contributed by atoms with Gasteiger partial charge in [-0.2, -0.15) is 0 Å². The lowest BCUT2D eigenvalue weighted by atomic mass is 10.1. The van der Waals surface area contributed by atoms with Crippen LogP contribution in [0.2, 0.25) is 0 Å². The summed E-state index contributed by atoms with van der Waals surface area (Å²) >= 11 is 0. The Balaban J connectivity index is 0.00000182. The Bertz CT molecular complexity index is 600. The van der Waals surface area contributed by atoms with E-state index in [2.05, 4.69) is 14.9 Å². The monoisotopic (exact) mass is 422 g/mol. The predicted octanol–water partition coefficient (Wildman–Crippen LogP) is 1.75. The van der Waals surface area contributed by atoms with Crippen molar-refractivity contribution >= 4 is 36.7 Å². The van der Waals surface area contributed by atoms with E-state index in [9.17, 15) is 9.59 Å². The molecule has 2 aliphatic rings. The third-order valence-electron chi connectivity index (χ3n) is 4.95. The molecule has 1 aromatic rings. The largest absolute Gasteiger partial charge is 0.481 e. The summed E-state index contributed by atoms with van der Waals surface area (Å²) in [7, 11) is 0. The summed E-state index contributed by atoms with van der Waals surface area (Å²) in [5.41, 5.74) is 0.503. The zero-order valence-corrected chi connectivity index (χ0v) is 16.8. The minimum Gasteiger partial charge on any atom is -0.481 e. The second-order valence-corrected chi connectivity index (χ2v) is 6.69. The first-order valence-corrected chi connectivity index (χ1v) is 9.00. The number of carbonyl (C=O) groups excluding carboxylic acids is 1. The van der Waals surface area contributed by atoms with Gasteiger partial charge in [0.25, 0.3) is 5.91 Å². The summed E-state index contributed by atoms with van der Waals surface area (Å²) in [6.45, 7) is 3.48. The van der Waals surface area contributed by atoms with E-state index < -0.39 is 5.97 Å². The Morgan fingerprint density at radius 2 is 1.85 bits per heavy atom. The average Bonchev–Trinajstić information content (AvgIpc) is 3.12. The van der Waals surface area contributed by atoms with Gasteiger partial charge in [0, 0.05) is 25.3 Å². The van der Waals surface area contributed by atoms with Crippen LogP contribution in [0, 0.1) is 0 Å². The number of rotatable bonds is 6. The van der Waals surface area contributed by atoms with Crippen molar-refractivity contribution in [1.29, 1.82) is 0 Å². The Hall–Kier alpha value is -1.35. The Morgan fingerprint density at radius 1 is 1.19 bits per heavy atom. The molecule has 1 aromatic heterocycles. The quantitative estimate of drug-likeness (QED) is 0.724. The van der Waals surface area contributed by atoms with E-state index in [-0.39, 0.29) is 49.9 Å². The van der Waals surface area contributed by atoms with Crippen LogP contribution in [0.25, 0.3) is 0 Å². The van der Waals surface area contributed by atoms with Crippen molar-refractivity contribution in [3.05, 3.63) is 18.2 Å². The maximum absolute atomic E-state index is 12.6. The van der Waals surface area contributed by atoms with E-state index >= 15 is 0 Å². The van der Waals surface area contributed by atoms with Crippen LogP contribution in [0.15, 0.2) is 12.5 Å². The van der Waals surface area contributed by atoms with Crippen LogP contribution in [-0.4, -0.2) is 70.3 Å². The predicted molar refractivity (Wildman–Crippen MR) is 105 cm³/mol. The van der Waals surface area contributed by atoms with E-state index in [4.69, 9.17) is 9.84 Å². The number of imidazole rings is 1. The normalized spacial score (nSPS) is 18.4. The number of likely N-dealkylation sites (tertiary alicyclic amines) is 1. The van der Waals surface area contributed by atoms with Crippen LogP contribution in [0.1, 0.15) is 48.6 Å². The number of ether oxygens (including phenoxy) is 1. The molecular formula is C17H28Cl2N4O4. The number of aliphatic carboxylic acids is 1. The number of piperidine rings is 2. The van der Waals surface area contributed by atoms with Crippen LogP contribution in [0.4, 0.5) is 0 Å². The molecule has 2 aliphatic heterocycles. The van der Waals surface area contributed by atoms with Crippen molar-refractivity contribution in [3.8, 4) is 0 Å². The van der Waals surface area contributed by atoms with Crippen molar-refractivity contribution in [2.45, 2.75) is 44.2 Å². The molecular weight excluding hydrogens is 395 g/mol. The molecule has 0 spiro atoms. The number of aromatic nitrogens is 2. The SMILES string of the molecule is Cl.Cl.O=C(O)CCOC1CCN(C(=O)c2cn(C3CCNCC3)cn2)CC1. The number of amides is 1. The molecule has 154 valence electrons. The molecule has 10 heteroatoms. The lowest BCUT2D eigenvalue weighted by molar-refractivity contribution is -0.138. The molecule has 0 bridgehead atoms. The minimum absolute atomic E-state index is 0. The van der Waals surface area contributed by atoms with Gasteiger partial charge >= 0.3 is 5.97 Å². The number of nitrogens with zero attached hydrogens (tertiary/aromatic N) is 3. The number of hydrogen-bond acceptors (Lipinski definition) is 5. The van der Waals surface area contributed by atoms with Gasteiger partial charge in [0.15, 0.2) is 0 Å². The molecule has 2 N–H and O–H groups in total. The lowest BCUT2D eigenvalue weighted by Gasteiger charge is -2.31. The topological polar surface area (TPSA) is 96.7 Å². The van der Waals surface area contributed by atoms with Crippen molar-refractivity contribution in [1.82, 2.24) is 19.8 Å². The maximum atomic E-state index is 12.6. The molecule has 0 atom stereocenters. The van der Waals surface area contributed by atoms with Crippen molar-refractivity contribution in [2.75, 3.05) is 32.8 Å². The second-order valence-electron chi connectivity index (χ2n) is 6.69. The third kappa shape index (κ3) is 6.64. The van der Waals surface area contributed by atoms with Crippen LogP contribution < -0.4 is 5.32 Å². The van der Waals surface area contributed by atoms with E-state index in [1.54, 1.807) is 6.33 Å². The molecule has 3 rings (SSSR count). The van der Waals surface area contributed by atoms with E-state index in [0.717, 1.165) is 38.8 Å². The first kappa shape index (κ1) is 23.7. The van der Waals surface area contributed by atoms with E-state index in [1.165, 1.54) is 0 Å². The van der Waals surface area contributed by atoms with Gasteiger partial charge in [-0.25, -0.2) is 4.98 Å². The lowest BCUT2D eigenvalue weighted by Crippen LogP contribution is -2.41. The van der Waals surface area contributed by atoms with Gasteiger partial charge in [0.05, 0.1) is 25.5 Å². The molecule has 1 amide bonds. The van der Waals surface area contributed by atoms with Crippen LogP contribution in [0.5, 0.6) is 0 Å². The molecule has 0 unspecified atom stereocenters. The Labute approximate surface area is 171 Å². The number of nitrogens with one attached hydrogen (secondary N) is 1. The first-order valence-electron chi connectivity index (χ1n) is 9.00. The van der Waals surface area contributed by atoms with Gasteiger partial charge in [0.2, 0.25) is 0 Å². The Kier molecular flexibility index (Phi) is 10.1. The smallest absolute Gasteiger partial charge is 0.305 e. The number of carbonyl (C=O) groups is 2. The highest BCUT2D eigenvalue weighted by Gasteiger charge is 2.26. The second kappa shape index (κ2) is 11.5. The number of carboxylic acids is 1. The number of hydrogen-bond donors (Lipinski definition) is 2. The summed E-state index contributed by atoms with van der Waals surface area (Å²) in [5.74, 6) is -0.881. The molecule has 0 radical (unpaired) electrons. The van der Waals surface area contributed by atoms with Gasteiger partial charge in [-0.3, -0.25) is 9.59 Å². The molecule has 0 aromatic carbocycles. The van der Waals surface area contributed by atoms with Gasteiger partial charge in [0.1, 0.15) is 5.69 Å². The zero-order chi connectivity index (χ0) is 17.6. The summed E-state index contributed by atoms with van der Waals surface area (Å²) < 4.78 is 7.63. The fourth-order valence-corrected chi connectivity index (χ4v) is 3.45. The summed E-state index contributed by atoms with van der Waals surface area (Å²) in [4.78, 5) is 29.3. The summed E-state index contributed by atoms with van der Waals surface area (Å²) in [6, 6.07) is 0.420. The molecule has 27 heavy (non-hydrogen) atoms. The van der Waals surface area contributed by atoms with Gasteiger partial charge in [-0.05, 0) is 38.8 Å². The van der Waals surface area contributed by atoms with Crippen molar-refractivity contribution in [3.63, 3.8) is 0 Å². The van der Waals surface area contributed by atoms with Crippen molar-refractivity contribution < 1.29 is 19.4 Å². The van der Waals surface area contributed by atoms with Crippen LogP contribution >= 0.6 is 24.8 Å². The fourth-order valence-electron chi connectivity index (χ4n) is 3.45. The van der Waals surface area contributed by atoms with Crippen LogP contribution in [-0.2, 0) is 9.53 Å². The van der Waals surface area contributed by atoms with E-state index in [0.29, 0.717) is 24.8 Å². The highest BCUT2D eigenvalue weighted by atomic mass is 35.5. The van der Waals surface area contributed by atoms with Crippen molar-refractivity contribution in [2.24, 2.45) is 0 Å². The van der Waals surface area contributed by atoms with Crippen LogP contribution in [0.3, 0.4) is 0 Å². The Morgan fingerprint density at radius 3 is 2.48 bits per heavy atom. The molecule has 2 saturated heterocycles. The standard InChI is InChI=1S/C17H26N4O4.2ClH/c22-16(23)5-10-25-14-3-8-20(9-4-14)17(24)15-11-21(12-19-15)13-1-6-18-7-2-13;;/h11-14,18H,1-10H2,(H,22,23);2*1H. The first-order chi connectivity index (χ1) is 12.1. The highest BCUT2D eigenvalue weighted by Crippen LogP contribution is 2.20. The number of halogens is 2. The van der Waals surface area contributed by atoms with Gasteiger partial charge in [-0.15, -0.1) is 24.8 Å². The summed E-state index contributed by atoms with van der Waals surface area (Å²) in [6.07, 6.45) is 7.29. The number of carboxylic acid groups (broad SMARTS) is 1. The fraction of sp³-hybridized carbons (Fsp3) is 0.706. The molecule has 3 heterocycles. The zero-order valence-electron chi connectivity index (χ0n) is 15.2. The van der Waals surface area contributed by atoms with E-state index in [1.807, 2.05) is 11.1 Å². The third-order valence-corrected chi connectivity index (χ3v) is 4.95. The minimum atomic E-state index is -0.850. The molecule has 0 aliphatic carbocycles.